The largest absolute Gasteiger partial charge is 0.264 e. The lowest BCUT2D eigenvalue weighted by Gasteiger charge is -2.32. The fraction of sp³-hybridized carbons (Fsp3) is 0.353. The zero-order valence-corrected chi connectivity index (χ0v) is 14.5. The van der Waals surface area contributed by atoms with Crippen LogP contribution in [0.15, 0.2) is 54.2 Å². The highest BCUT2D eigenvalue weighted by Crippen LogP contribution is 2.28. The van der Waals surface area contributed by atoms with Gasteiger partial charge < -0.3 is 0 Å². The molecule has 130 valence electrons. The van der Waals surface area contributed by atoms with Gasteiger partial charge in [0.25, 0.3) is 0 Å². The number of hydrogen-bond acceptors (Lipinski definition) is 5. The van der Waals surface area contributed by atoms with Gasteiger partial charge >= 0.3 is 0 Å². The molecular weight excluding hydrogens is 338 g/mol. The number of aromatic nitrogens is 4. The molecule has 0 saturated carbocycles. The molecule has 1 saturated heterocycles. The van der Waals surface area contributed by atoms with Crippen LogP contribution in [0.5, 0.6) is 0 Å². The quantitative estimate of drug-likeness (QED) is 0.713. The van der Waals surface area contributed by atoms with E-state index >= 15 is 0 Å². The average molecular weight is 357 g/mol. The van der Waals surface area contributed by atoms with Crippen molar-refractivity contribution in [1.82, 2.24) is 24.1 Å². The summed E-state index contributed by atoms with van der Waals surface area (Å²) in [5.41, 5.74) is 0. The molecule has 1 aliphatic rings. The number of fused-ring (bicyclic) bond motifs is 1. The summed E-state index contributed by atoms with van der Waals surface area (Å²) in [5, 5.41) is 5.68. The van der Waals surface area contributed by atoms with E-state index in [1.54, 1.807) is 45.9 Å². The van der Waals surface area contributed by atoms with Crippen molar-refractivity contribution in [3.8, 4) is 0 Å². The molecule has 8 heteroatoms. The SMILES string of the molecule is O=S(=O)(c1cccc2cnccc12)N1CCCC(Cn2cncn2)C1. The lowest BCUT2D eigenvalue weighted by Crippen LogP contribution is -2.41. The van der Waals surface area contributed by atoms with E-state index in [9.17, 15) is 8.42 Å². The minimum atomic E-state index is -3.54. The van der Waals surface area contributed by atoms with Gasteiger partial charge in [-0.3, -0.25) is 9.67 Å². The second-order valence-electron chi connectivity index (χ2n) is 6.34. The minimum Gasteiger partial charge on any atom is -0.264 e. The van der Waals surface area contributed by atoms with Gasteiger partial charge in [-0.1, -0.05) is 12.1 Å². The van der Waals surface area contributed by atoms with Crippen LogP contribution in [0.1, 0.15) is 12.8 Å². The number of pyridine rings is 1. The standard InChI is InChI=1S/C17H19N5O2S/c23-25(24,17-5-1-4-15-9-18-7-6-16(15)17)22-8-2-3-14(11-22)10-21-13-19-12-20-21/h1,4-7,9,12-14H,2-3,8,10-11H2. The fourth-order valence-electron chi connectivity index (χ4n) is 3.44. The van der Waals surface area contributed by atoms with Crippen molar-refractivity contribution in [2.75, 3.05) is 13.1 Å². The van der Waals surface area contributed by atoms with E-state index in [1.165, 1.54) is 6.33 Å². The van der Waals surface area contributed by atoms with Crippen molar-refractivity contribution in [2.24, 2.45) is 5.92 Å². The summed E-state index contributed by atoms with van der Waals surface area (Å²) in [4.78, 5) is 8.38. The molecule has 1 unspecified atom stereocenters. The average Bonchev–Trinajstić information content (AvgIpc) is 3.14. The first-order valence-corrected chi connectivity index (χ1v) is 9.74. The molecule has 3 aromatic rings. The Kier molecular flexibility index (Phi) is 4.22. The fourth-order valence-corrected chi connectivity index (χ4v) is 5.21. The number of rotatable bonds is 4. The van der Waals surface area contributed by atoms with Crippen LogP contribution in [0.2, 0.25) is 0 Å². The molecule has 0 aliphatic carbocycles. The van der Waals surface area contributed by atoms with Crippen molar-refractivity contribution < 1.29 is 8.42 Å². The van der Waals surface area contributed by atoms with E-state index in [4.69, 9.17) is 0 Å². The van der Waals surface area contributed by atoms with Gasteiger partial charge in [0, 0.05) is 42.8 Å². The third kappa shape index (κ3) is 3.14. The Hall–Kier alpha value is -2.32. The molecule has 25 heavy (non-hydrogen) atoms. The second-order valence-corrected chi connectivity index (χ2v) is 8.25. The Labute approximate surface area is 146 Å². The van der Waals surface area contributed by atoms with Gasteiger partial charge in [-0.15, -0.1) is 0 Å². The normalized spacial score (nSPS) is 19.3. The van der Waals surface area contributed by atoms with E-state index in [1.807, 2.05) is 6.07 Å². The Morgan fingerprint density at radius 3 is 2.96 bits per heavy atom. The van der Waals surface area contributed by atoms with Crippen LogP contribution in [0, 0.1) is 5.92 Å². The van der Waals surface area contributed by atoms with Crippen LogP contribution in [0.25, 0.3) is 10.8 Å². The highest BCUT2D eigenvalue weighted by Gasteiger charge is 2.31. The van der Waals surface area contributed by atoms with Crippen molar-refractivity contribution in [3.63, 3.8) is 0 Å². The number of sulfonamides is 1. The Balaban J connectivity index is 1.63. The van der Waals surface area contributed by atoms with Crippen molar-refractivity contribution in [2.45, 2.75) is 24.3 Å². The van der Waals surface area contributed by atoms with Gasteiger partial charge in [0.15, 0.2) is 0 Å². The van der Waals surface area contributed by atoms with Gasteiger partial charge in [0.1, 0.15) is 12.7 Å². The predicted molar refractivity (Wildman–Crippen MR) is 93.2 cm³/mol. The number of nitrogens with zero attached hydrogens (tertiary/aromatic N) is 5. The van der Waals surface area contributed by atoms with Crippen molar-refractivity contribution >= 4 is 20.8 Å². The van der Waals surface area contributed by atoms with Crippen molar-refractivity contribution in [1.29, 1.82) is 0 Å². The first-order valence-electron chi connectivity index (χ1n) is 8.30. The summed E-state index contributed by atoms with van der Waals surface area (Å²) in [5.74, 6) is 0.238. The second kappa shape index (κ2) is 6.53. The van der Waals surface area contributed by atoms with E-state index in [-0.39, 0.29) is 5.92 Å². The summed E-state index contributed by atoms with van der Waals surface area (Å²) in [6, 6.07) is 7.09. The third-order valence-corrected chi connectivity index (χ3v) is 6.58. The predicted octanol–water partition coefficient (Wildman–Crippen LogP) is 1.93. The zero-order chi connectivity index (χ0) is 17.3. The Bertz CT molecular complexity index is 966. The molecule has 1 atom stereocenters. The summed E-state index contributed by atoms with van der Waals surface area (Å²) in [7, 11) is -3.54. The lowest BCUT2D eigenvalue weighted by molar-refractivity contribution is 0.239. The molecule has 0 spiro atoms. The summed E-state index contributed by atoms with van der Waals surface area (Å²) >= 11 is 0. The topological polar surface area (TPSA) is 81.0 Å². The van der Waals surface area contributed by atoms with E-state index in [2.05, 4.69) is 15.1 Å². The maximum Gasteiger partial charge on any atom is 0.243 e. The Morgan fingerprint density at radius 2 is 2.12 bits per heavy atom. The van der Waals surface area contributed by atoms with Crippen LogP contribution in [0.3, 0.4) is 0 Å². The molecule has 1 aliphatic heterocycles. The lowest BCUT2D eigenvalue weighted by atomic mass is 10.00. The van der Waals surface area contributed by atoms with Crippen LogP contribution in [0.4, 0.5) is 0 Å². The molecule has 7 nitrogen and oxygen atoms in total. The maximum absolute atomic E-state index is 13.2. The Morgan fingerprint density at radius 1 is 1.20 bits per heavy atom. The molecule has 3 heterocycles. The molecular formula is C17H19N5O2S. The summed E-state index contributed by atoms with van der Waals surface area (Å²) in [6.07, 6.45) is 8.34. The van der Waals surface area contributed by atoms with Gasteiger partial charge in [-0.05, 0) is 30.9 Å². The van der Waals surface area contributed by atoms with Crippen LogP contribution in [-0.4, -0.2) is 45.6 Å². The molecule has 0 radical (unpaired) electrons. The summed E-state index contributed by atoms with van der Waals surface area (Å²) < 4.78 is 29.8. The van der Waals surface area contributed by atoms with E-state index in [0.717, 1.165) is 23.6 Å². The van der Waals surface area contributed by atoms with Crippen molar-refractivity contribution in [3.05, 3.63) is 49.3 Å². The van der Waals surface area contributed by atoms with Crippen LogP contribution >= 0.6 is 0 Å². The van der Waals surface area contributed by atoms with Gasteiger partial charge in [0.05, 0.1) is 4.90 Å². The first kappa shape index (κ1) is 16.2. The van der Waals surface area contributed by atoms with E-state index < -0.39 is 10.0 Å². The van der Waals surface area contributed by atoms with Gasteiger partial charge in [0.2, 0.25) is 10.0 Å². The van der Waals surface area contributed by atoms with Gasteiger partial charge in [-0.2, -0.15) is 9.40 Å². The molecule has 0 amide bonds. The molecule has 1 fully saturated rings. The van der Waals surface area contributed by atoms with Crippen LogP contribution < -0.4 is 0 Å². The number of piperidine rings is 1. The first-order chi connectivity index (χ1) is 12.1. The zero-order valence-electron chi connectivity index (χ0n) is 13.7. The summed E-state index contributed by atoms with van der Waals surface area (Å²) in [6.45, 7) is 1.74. The highest BCUT2D eigenvalue weighted by atomic mass is 32.2. The monoisotopic (exact) mass is 357 g/mol. The third-order valence-electron chi connectivity index (χ3n) is 4.65. The van der Waals surface area contributed by atoms with Gasteiger partial charge in [-0.25, -0.2) is 13.4 Å². The number of hydrogen-bond donors (Lipinski definition) is 0. The smallest absolute Gasteiger partial charge is 0.243 e. The molecule has 0 N–H and O–H groups in total. The minimum absolute atomic E-state index is 0.238. The highest BCUT2D eigenvalue weighted by molar-refractivity contribution is 7.89. The van der Waals surface area contributed by atoms with Crippen LogP contribution in [-0.2, 0) is 16.6 Å². The van der Waals surface area contributed by atoms with E-state index in [0.29, 0.717) is 24.5 Å². The molecule has 2 aromatic heterocycles. The number of benzene rings is 1. The molecule has 0 bridgehead atoms. The molecule has 1 aromatic carbocycles. The maximum atomic E-state index is 13.2. The molecule has 4 rings (SSSR count).